The van der Waals surface area contributed by atoms with Crippen LogP contribution in [0, 0.1) is 0 Å². The molecule has 1 amide bonds. The number of amides is 1. The molecule has 1 aromatic carbocycles. The molecule has 25 heavy (non-hydrogen) atoms. The molecule has 0 spiro atoms. The summed E-state index contributed by atoms with van der Waals surface area (Å²) in [6, 6.07) is 2.70. The Bertz CT molecular complexity index is 731. The number of carbonyl (C=O) groups excluding carboxylic acids is 1. The smallest absolute Gasteiger partial charge is 0.326 e. The lowest BCUT2D eigenvalue weighted by Gasteiger charge is -2.17. The van der Waals surface area contributed by atoms with Gasteiger partial charge in [0.05, 0.1) is 7.11 Å². The van der Waals surface area contributed by atoms with Crippen molar-refractivity contribution < 1.29 is 32.6 Å². The van der Waals surface area contributed by atoms with Gasteiger partial charge in [-0.1, -0.05) is 0 Å². The Balaban J connectivity index is 3.17. The second-order valence-electron chi connectivity index (χ2n) is 5.30. The lowest BCUT2D eigenvalue weighted by Crippen LogP contribution is -2.41. The molecule has 10 heteroatoms. The summed E-state index contributed by atoms with van der Waals surface area (Å²) in [7, 11) is 1.60. The van der Waals surface area contributed by atoms with Crippen molar-refractivity contribution in [2.45, 2.75) is 17.4 Å². The van der Waals surface area contributed by atoms with E-state index < -0.39 is 27.9 Å². The van der Waals surface area contributed by atoms with Crippen LogP contribution in [0.2, 0.25) is 0 Å². The average molecular weight is 374 g/mol. The van der Waals surface area contributed by atoms with Crippen LogP contribution in [0.15, 0.2) is 23.1 Å². The Kier molecular flexibility index (Phi) is 7.34. The molecule has 0 aliphatic carbocycles. The lowest BCUT2D eigenvalue weighted by molar-refractivity contribution is -0.139. The van der Waals surface area contributed by atoms with Gasteiger partial charge in [0.2, 0.25) is 10.0 Å². The van der Waals surface area contributed by atoms with Gasteiger partial charge in [0.15, 0.2) is 0 Å². The molecule has 0 fully saturated rings. The number of carbonyl (C=O) groups is 2. The first-order valence-corrected chi connectivity index (χ1v) is 8.72. The molecule has 0 heterocycles. The van der Waals surface area contributed by atoms with Crippen LogP contribution < -0.4 is 10.1 Å². The summed E-state index contributed by atoms with van der Waals surface area (Å²) in [6.45, 7) is 0.153. The molecule has 0 bridgehead atoms. The summed E-state index contributed by atoms with van der Waals surface area (Å²) in [4.78, 5) is 23.3. The van der Waals surface area contributed by atoms with Crippen LogP contribution in [-0.2, 0) is 19.6 Å². The van der Waals surface area contributed by atoms with Crippen molar-refractivity contribution in [1.82, 2.24) is 9.62 Å². The zero-order valence-corrected chi connectivity index (χ0v) is 15.3. The molecule has 140 valence electrons. The number of nitrogens with one attached hydrogen (secondary N) is 1. The zero-order valence-electron chi connectivity index (χ0n) is 14.5. The second kappa shape index (κ2) is 8.79. The van der Waals surface area contributed by atoms with E-state index in [1.165, 1.54) is 40.4 Å². The third-order valence-corrected chi connectivity index (χ3v) is 5.23. The average Bonchev–Trinajstić information content (AvgIpc) is 2.57. The number of sulfonamides is 1. The summed E-state index contributed by atoms with van der Waals surface area (Å²) in [5.74, 6) is -1.83. The van der Waals surface area contributed by atoms with Crippen LogP contribution in [0.1, 0.15) is 16.8 Å². The molecule has 2 N–H and O–H groups in total. The Morgan fingerprint density at radius 1 is 1.28 bits per heavy atom. The molecular weight excluding hydrogens is 352 g/mol. The Morgan fingerprint density at radius 2 is 1.92 bits per heavy atom. The van der Waals surface area contributed by atoms with E-state index in [0.29, 0.717) is 0 Å². The quantitative estimate of drug-likeness (QED) is 0.631. The molecule has 1 unspecified atom stereocenters. The molecule has 9 nitrogen and oxygen atoms in total. The third kappa shape index (κ3) is 5.15. The van der Waals surface area contributed by atoms with Crippen LogP contribution in [0.5, 0.6) is 5.75 Å². The van der Waals surface area contributed by atoms with Gasteiger partial charge in [0, 0.05) is 39.8 Å². The number of nitrogens with zero attached hydrogens (tertiary/aromatic N) is 1. The molecule has 0 aliphatic rings. The molecule has 0 saturated heterocycles. The van der Waals surface area contributed by atoms with Gasteiger partial charge in [-0.2, -0.15) is 0 Å². The highest BCUT2D eigenvalue weighted by Crippen LogP contribution is 2.26. The van der Waals surface area contributed by atoms with Crippen molar-refractivity contribution in [1.29, 1.82) is 0 Å². The highest BCUT2D eigenvalue weighted by Gasteiger charge is 2.25. The first kappa shape index (κ1) is 20.9. The number of carboxylic acids is 1. The van der Waals surface area contributed by atoms with E-state index in [4.69, 9.17) is 14.6 Å². The molecule has 1 rings (SSSR count). The first-order valence-electron chi connectivity index (χ1n) is 7.28. The molecule has 0 aromatic heterocycles. The van der Waals surface area contributed by atoms with Crippen LogP contribution >= 0.6 is 0 Å². The fourth-order valence-electron chi connectivity index (χ4n) is 1.95. The molecule has 0 radical (unpaired) electrons. The summed E-state index contributed by atoms with van der Waals surface area (Å²) in [6.07, 6.45) is 0.0799. The third-order valence-electron chi connectivity index (χ3n) is 3.40. The van der Waals surface area contributed by atoms with Crippen molar-refractivity contribution in [3.8, 4) is 5.75 Å². The van der Waals surface area contributed by atoms with Crippen LogP contribution in [0.25, 0.3) is 0 Å². The maximum absolute atomic E-state index is 12.4. The van der Waals surface area contributed by atoms with Gasteiger partial charge >= 0.3 is 5.97 Å². The largest absolute Gasteiger partial charge is 0.495 e. The van der Waals surface area contributed by atoms with Crippen LogP contribution in [0.4, 0.5) is 0 Å². The van der Waals surface area contributed by atoms with Crippen molar-refractivity contribution in [2.24, 2.45) is 0 Å². The normalized spacial score (nSPS) is 12.7. The first-order chi connectivity index (χ1) is 11.6. The van der Waals surface area contributed by atoms with Crippen molar-refractivity contribution in [3.05, 3.63) is 23.8 Å². The highest BCUT2D eigenvalue weighted by molar-refractivity contribution is 7.89. The van der Waals surface area contributed by atoms with E-state index in [9.17, 15) is 18.0 Å². The number of hydrogen-bond donors (Lipinski definition) is 2. The van der Waals surface area contributed by atoms with Crippen LogP contribution in [0.3, 0.4) is 0 Å². The number of carboxylic acid groups (broad SMARTS) is 1. The predicted molar refractivity (Wildman–Crippen MR) is 89.2 cm³/mol. The Labute approximate surface area is 146 Å². The van der Waals surface area contributed by atoms with E-state index in [0.717, 1.165) is 10.4 Å². The second-order valence-corrected chi connectivity index (χ2v) is 7.42. The number of aliphatic carboxylic acids is 1. The molecule has 0 aliphatic heterocycles. The fraction of sp³-hybridized carbons (Fsp3) is 0.467. The maximum atomic E-state index is 12.4. The summed E-state index contributed by atoms with van der Waals surface area (Å²) in [5, 5.41) is 11.5. The number of methoxy groups -OCH3 is 2. The SMILES string of the molecule is COCCC(NC(=O)c1ccc(OC)c(S(=O)(=O)N(C)C)c1)C(=O)O. The Morgan fingerprint density at radius 3 is 2.40 bits per heavy atom. The summed E-state index contributed by atoms with van der Waals surface area (Å²) >= 11 is 0. The monoisotopic (exact) mass is 374 g/mol. The van der Waals surface area contributed by atoms with Crippen molar-refractivity contribution >= 4 is 21.9 Å². The minimum Gasteiger partial charge on any atom is -0.495 e. The van der Waals surface area contributed by atoms with Crippen molar-refractivity contribution in [2.75, 3.05) is 34.9 Å². The van der Waals surface area contributed by atoms with Gasteiger partial charge in [0.25, 0.3) is 5.91 Å². The lowest BCUT2D eigenvalue weighted by atomic mass is 10.1. The highest BCUT2D eigenvalue weighted by atomic mass is 32.2. The number of benzene rings is 1. The molecule has 0 saturated carbocycles. The van der Waals surface area contributed by atoms with E-state index in [1.807, 2.05) is 0 Å². The maximum Gasteiger partial charge on any atom is 0.326 e. The minimum atomic E-state index is -3.84. The summed E-state index contributed by atoms with van der Waals surface area (Å²) < 4.78 is 35.6. The minimum absolute atomic E-state index is 0.00453. The Hall–Kier alpha value is -2.17. The van der Waals surface area contributed by atoms with E-state index in [-0.39, 0.29) is 29.2 Å². The van der Waals surface area contributed by atoms with Crippen molar-refractivity contribution in [3.63, 3.8) is 0 Å². The van der Waals surface area contributed by atoms with Gasteiger partial charge in [0.1, 0.15) is 16.7 Å². The van der Waals surface area contributed by atoms with Gasteiger partial charge in [-0.3, -0.25) is 4.79 Å². The van der Waals surface area contributed by atoms with Crippen LogP contribution in [-0.4, -0.2) is 70.7 Å². The van der Waals surface area contributed by atoms with Gasteiger partial charge in [-0.15, -0.1) is 0 Å². The number of rotatable bonds is 9. The van der Waals surface area contributed by atoms with E-state index in [2.05, 4.69) is 5.32 Å². The van der Waals surface area contributed by atoms with Gasteiger partial charge in [-0.05, 0) is 18.2 Å². The zero-order chi connectivity index (χ0) is 19.2. The summed E-state index contributed by atoms with van der Waals surface area (Å²) in [5.41, 5.74) is 0.00453. The predicted octanol–water partition coefficient (Wildman–Crippen LogP) is 0.165. The van der Waals surface area contributed by atoms with E-state index >= 15 is 0 Å². The molecule has 1 atom stereocenters. The van der Waals surface area contributed by atoms with Gasteiger partial charge in [-0.25, -0.2) is 17.5 Å². The molecule has 1 aromatic rings. The standard InChI is InChI=1S/C15H22N2O7S/c1-17(2)25(21,22)13-9-10(5-6-12(13)24-4)14(18)16-11(15(19)20)7-8-23-3/h5-6,9,11H,7-8H2,1-4H3,(H,16,18)(H,19,20). The number of hydrogen-bond acceptors (Lipinski definition) is 6. The topological polar surface area (TPSA) is 122 Å². The van der Waals surface area contributed by atoms with E-state index in [1.54, 1.807) is 0 Å². The number of ether oxygens (including phenoxy) is 2. The fourth-order valence-corrected chi connectivity index (χ4v) is 3.03. The van der Waals surface area contributed by atoms with Gasteiger partial charge < -0.3 is 19.9 Å². The molecular formula is C15H22N2O7S.